The predicted molar refractivity (Wildman–Crippen MR) is 85.4 cm³/mol. The lowest BCUT2D eigenvalue weighted by molar-refractivity contribution is -0.120. The largest absolute Gasteiger partial charge is 0.393 e. The van der Waals surface area contributed by atoms with E-state index in [4.69, 9.17) is 0 Å². The minimum atomic E-state index is -0.352. The van der Waals surface area contributed by atoms with Crippen molar-refractivity contribution in [1.29, 1.82) is 0 Å². The Morgan fingerprint density at radius 1 is 1.27 bits per heavy atom. The van der Waals surface area contributed by atoms with Crippen LogP contribution in [0.4, 0.5) is 5.69 Å². The van der Waals surface area contributed by atoms with E-state index in [2.05, 4.69) is 10.6 Å². The number of aliphatic hydroxyl groups is 1. The van der Waals surface area contributed by atoms with Crippen LogP contribution in [0.15, 0.2) is 24.3 Å². The Bertz CT molecular complexity index is 509. The third kappa shape index (κ3) is 5.48. The van der Waals surface area contributed by atoms with Gasteiger partial charge in [-0.15, -0.1) is 0 Å². The van der Waals surface area contributed by atoms with Crippen LogP contribution >= 0.6 is 0 Å². The number of benzene rings is 1. The molecule has 0 bridgehead atoms. The van der Waals surface area contributed by atoms with E-state index in [1.165, 1.54) is 0 Å². The number of anilines is 1. The topological polar surface area (TPSA) is 78.4 Å². The van der Waals surface area contributed by atoms with Crippen molar-refractivity contribution < 1.29 is 14.7 Å². The molecule has 0 saturated heterocycles. The molecule has 3 N–H and O–H groups in total. The first-order valence-corrected chi connectivity index (χ1v) is 7.93. The standard InChI is InChI=1S/C17H24N2O3/c1-2-15(20)9-10-18-16(21)11-12-3-7-14(8-4-12)19-17(22)13-5-6-13/h3-4,7-8,13,15,20H,2,5-6,9-11H2,1H3,(H,18,21)(H,19,22). The number of rotatable bonds is 8. The molecule has 1 aliphatic rings. The molecular weight excluding hydrogens is 280 g/mol. The molecule has 0 aliphatic heterocycles. The van der Waals surface area contributed by atoms with E-state index in [1.807, 2.05) is 31.2 Å². The Kier molecular flexibility index (Phi) is 5.95. The van der Waals surface area contributed by atoms with Crippen molar-refractivity contribution in [3.8, 4) is 0 Å². The van der Waals surface area contributed by atoms with E-state index in [-0.39, 0.29) is 23.8 Å². The first-order valence-electron chi connectivity index (χ1n) is 7.93. The zero-order valence-electron chi connectivity index (χ0n) is 13.0. The second-order valence-corrected chi connectivity index (χ2v) is 5.84. The van der Waals surface area contributed by atoms with Crippen LogP contribution in [0.2, 0.25) is 0 Å². The minimum Gasteiger partial charge on any atom is -0.393 e. The number of amides is 2. The summed E-state index contributed by atoms with van der Waals surface area (Å²) in [5.41, 5.74) is 1.67. The fraction of sp³-hybridized carbons (Fsp3) is 0.529. The zero-order valence-corrected chi connectivity index (χ0v) is 13.0. The van der Waals surface area contributed by atoms with Crippen LogP contribution in [0.25, 0.3) is 0 Å². The Hall–Kier alpha value is -1.88. The quantitative estimate of drug-likeness (QED) is 0.686. The molecule has 0 heterocycles. The molecule has 5 heteroatoms. The molecule has 1 aliphatic carbocycles. The molecule has 2 rings (SSSR count). The van der Waals surface area contributed by atoms with Gasteiger partial charge in [-0.25, -0.2) is 0 Å². The van der Waals surface area contributed by atoms with Crippen molar-refractivity contribution >= 4 is 17.5 Å². The fourth-order valence-corrected chi connectivity index (χ4v) is 2.13. The van der Waals surface area contributed by atoms with Crippen molar-refractivity contribution in [1.82, 2.24) is 5.32 Å². The van der Waals surface area contributed by atoms with Crippen molar-refractivity contribution in [2.45, 2.75) is 45.1 Å². The van der Waals surface area contributed by atoms with Gasteiger partial charge in [0.05, 0.1) is 12.5 Å². The van der Waals surface area contributed by atoms with Gasteiger partial charge < -0.3 is 15.7 Å². The predicted octanol–water partition coefficient (Wildman–Crippen LogP) is 1.85. The minimum absolute atomic E-state index is 0.0573. The van der Waals surface area contributed by atoms with E-state index in [0.29, 0.717) is 25.8 Å². The van der Waals surface area contributed by atoms with E-state index < -0.39 is 0 Å². The highest BCUT2D eigenvalue weighted by Crippen LogP contribution is 2.30. The summed E-state index contributed by atoms with van der Waals surface area (Å²) in [6, 6.07) is 7.35. The van der Waals surface area contributed by atoms with Gasteiger partial charge in [0.25, 0.3) is 0 Å². The van der Waals surface area contributed by atoms with Gasteiger partial charge in [-0.1, -0.05) is 19.1 Å². The summed E-state index contributed by atoms with van der Waals surface area (Å²) >= 11 is 0. The highest BCUT2D eigenvalue weighted by Gasteiger charge is 2.29. The molecule has 120 valence electrons. The summed E-state index contributed by atoms with van der Waals surface area (Å²) in [6.45, 7) is 2.40. The monoisotopic (exact) mass is 304 g/mol. The number of hydrogen-bond donors (Lipinski definition) is 3. The summed E-state index contributed by atoms with van der Waals surface area (Å²) < 4.78 is 0. The van der Waals surface area contributed by atoms with Crippen LogP contribution in [0, 0.1) is 5.92 Å². The Morgan fingerprint density at radius 2 is 1.95 bits per heavy atom. The van der Waals surface area contributed by atoms with E-state index in [1.54, 1.807) is 0 Å². The summed E-state index contributed by atoms with van der Waals surface area (Å²) in [7, 11) is 0. The van der Waals surface area contributed by atoms with Crippen molar-refractivity contribution in [3.05, 3.63) is 29.8 Å². The number of aliphatic hydroxyl groups excluding tert-OH is 1. The van der Waals surface area contributed by atoms with Gasteiger partial charge in [-0.3, -0.25) is 9.59 Å². The van der Waals surface area contributed by atoms with Gasteiger partial charge in [0.15, 0.2) is 0 Å². The van der Waals surface area contributed by atoms with Crippen LogP contribution in [0.3, 0.4) is 0 Å². The van der Waals surface area contributed by atoms with Crippen LogP contribution in [-0.2, 0) is 16.0 Å². The van der Waals surface area contributed by atoms with Crippen molar-refractivity contribution in [2.75, 3.05) is 11.9 Å². The molecule has 1 aromatic carbocycles. The Labute approximate surface area is 131 Å². The number of carbonyl (C=O) groups is 2. The Balaban J connectivity index is 1.73. The van der Waals surface area contributed by atoms with Crippen molar-refractivity contribution in [2.24, 2.45) is 5.92 Å². The maximum Gasteiger partial charge on any atom is 0.227 e. The van der Waals surface area contributed by atoms with Crippen LogP contribution in [-0.4, -0.2) is 29.6 Å². The van der Waals surface area contributed by atoms with Gasteiger partial charge in [-0.05, 0) is 43.4 Å². The van der Waals surface area contributed by atoms with E-state index >= 15 is 0 Å². The summed E-state index contributed by atoms with van der Waals surface area (Å²) in [6.07, 6.45) is 3.19. The molecule has 22 heavy (non-hydrogen) atoms. The number of carbonyl (C=O) groups excluding carboxylic acids is 2. The van der Waals surface area contributed by atoms with Gasteiger partial charge in [0.1, 0.15) is 0 Å². The summed E-state index contributed by atoms with van der Waals surface area (Å²) in [5, 5.41) is 15.1. The molecular formula is C17H24N2O3. The van der Waals surface area contributed by atoms with Crippen LogP contribution < -0.4 is 10.6 Å². The molecule has 1 unspecified atom stereocenters. The first-order chi connectivity index (χ1) is 10.6. The maximum absolute atomic E-state index is 11.8. The molecule has 1 aromatic rings. The lowest BCUT2D eigenvalue weighted by Gasteiger charge is -2.09. The number of nitrogens with one attached hydrogen (secondary N) is 2. The van der Waals surface area contributed by atoms with Gasteiger partial charge in [-0.2, -0.15) is 0 Å². The van der Waals surface area contributed by atoms with Gasteiger partial charge in [0, 0.05) is 18.2 Å². The third-order valence-electron chi connectivity index (χ3n) is 3.81. The summed E-state index contributed by atoms with van der Waals surface area (Å²) in [4.78, 5) is 23.4. The zero-order chi connectivity index (χ0) is 15.9. The average Bonchev–Trinajstić information content (AvgIpc) is 3.33. The molecule has 5 nitrogen and oxygen atoms in total. The average molecular weight is 304 g/mol. The fourth-order valence-electron chi connectivity index (χ4n) is 2.13. The molecule has 1 atom stereocenters. The molecule has 2 amide bonds. The third-order valence-corrected chi connectivity index (χ3v) is 3.81. The van der Waals surface area contributed by atoms with Crippen molar-refractivity contribution in [3.63, 3.8) is 0 Å². The number of hydrogen-bond acceptors (Lipinski definition) is 3. The first kappa shape index (κ1) is 16.5. The van der Waals surface area contributed by atoms with Crippen LogP contribution in [0.5, 0.6) is 0 Å². The lowest BCUT2D eigenvalue weighted by Crippen LogP contribution is -2.28. The van der Waals surface area contributed by atoms with Crippen LogP contribution in [0.1, 0.15) is 38.2 Å². The highest BCUT2D eigenvalue weighted by atomic mass is 16.3. The SMILES string of the molecule is CCC(O)CCNC(=O)Cc1ccc(NC(=O)C2CC2)cc1. The second-order valence-electron chi connectivity index (χ2n) is 5.84. The normalized spacial score (nSPS) is 15.2. The Morgan fingerprint density at radius 3 is 2.55 bits per heavy atom. The maximum atomic E-state index is 11.8. The second kappa shape index (κ2) is 7.94. The summed E-state index contributed by atoms with van der Waals surface area (Å²) in [5.74, 6) is 0.210. The highest BCUT2D eigenvalue weighted by molar-refractivity contribution is 5.94. The molecule has 0 spiro atoms. The van der Waals surface area contributed by atoms with Gasteiger partial charge >= 0.3 is 0 Å². The smallest absolute Gasteiger partial charge is 0.227 e. The van der Waals surface area contributed by atoms with E-state index in [9.17, 15) is 14.7 Å². The van der Waals surface area contributed by atoms with Gasteiger partial charge in [0.2, 0.25) is 11.8 Å². The molecule has 1 saturated carbocycles. The molecule has 0 radical (unpaired) electrons. The lowest BCUT2D eigenvalue weighted by atomic mass is 10.1. The molecule has 1 fully saturated rings. The molecule has 0 aromatic heterocycles. The van der Waals surface area contributed by atoms with E-state index in [0.717, 1.165) is 24.1 Å².